The van der Waals surface area contributed by atoms with Gasteiger partial charge in [-0.1, -0.05) is 78.8 Å². The quantitative estimate of drug-likeness (QED) is 0.546. The van der Waals surface area contributed by atoms with E-state index in [1.165, 1.54) is 17.7 Å². The van der Waals surface area contributed by atoms with Crippen molar-refractivity contribution in [3.8, 4) is 0 Å². The smallest absolute Gasteiger partial charge is 0.205 e. The van der Waals surface area contributed by atoms with Crippen LogP contribution >= 0.6 is 0 Å². The van der Waals surface area contributed by atoms with Crippen molar-refractivity contribution in [3.05, 3.63) is 41.5 Å². The largest absolute Gasteiger partial charge is 0.263 e. The van der Waals surface area contributed by atoms with E-state index < -0.39 is 6.43 Å². The first kappa shape index (κ1) is 20.8. The highest BCUT2D eigenvalue weighted by Gasteiger charge is 2.27. The van der Waals surface area contributed by atoms with Crippen molar-refractivity contribution in [2.75, 3.05) is 0 Å². The normalized spacial score (nSPS) is 20.0. The van der Waals surface area contributed by atoms with E-state index in [1.807, 2.05) is 39.8 Å². The molecule has 1 aliphatic carbocycles. The van der Waals surface area contributed by atoms with E-state index in [2.05, 4.69) is 26.8 Å². The van der Waals surface area contributed by atoms with E-state index in [0.717, 1.165) is 12.0 Å². The molecule has 0 nitrogen and oxygen atoms in total. The molecule has 0 N–H and O–H groups in total. The fourth-order valence-corrected chi connectivity index (χ4v) is 2.85. The van der Waals surface area contributed by atoms with Gasteiger partial charge in [0.1, 0.15) is 0 Å². The predicted molar refractivity (Wildman–Crippen MR) is 94.2 cm³/mol. The molecule has 0 fully saturated rings. The highest BCUT2D eigenvalue weighted by Crippen LogP contribution is 2.40. The topological polar surface area (TPSA) is 0 Å². The van der Waals surface area contributed by atoms with E-state index in [1.54, 1.807) is 0 Å². The third-order valence-corrected chi connectivity index (χ3v) is 3.98. The molecule has 2 rings (SSSR count). The second-order valence-corrected chi connectivity index (χ2v) is 5.59. The third-order valence-electron chi connectivity index (χ3n) is 3.98. The monoisotopic (exact) mass is 310 g/mol. The fraction of sp³-hybridized carbons (Fsp3) is 0.600. The molecule has 0 spiro atoms. The average molecular weight is 310 g/mol. The first-order valence-electron chi connectivity index (χ1n) is 8.58. The Kier molecular flexibility index (Phi) is 9.97. The molecule has 0 bridgehead atoms. The molecule has 0 radical (unpaired) electrons. The van der Waals surface area contributed by atoms with Crippen molar-refractivity contribution < 1.29 is 8.78 Å². The molecule has 0 saturated heterocycles. The van der Waals surface area contributed by atoms with Crippen molar-refractivity contribution >= 4 is 5.57 Å². The van der Waals surface area contributed by atoms with Crippen LogP contribution in [0.25, 0.3) is 5.57 Å². The summed E-state index contributed by atoms with van der Waals surface area (Å²) in [5.41, 5.74) is 2.50. The predicted octanol–water partition coefficient (Wildman–Crippen LogP) is 7.37. The van der Waals surface area contributed by atoms with Crippen molar-refractivity contribution in [3.63, 3.8) is 0 Å². The summed E-state index contributed by atoms with van der Waals surface area (Å²) in [5, 5.41) is 0. The Morgan fingerprint density at radius 3 is 1.82 bits per heavy atom. The van der Waals surface area contributed by atoms with E-state index >= 15 is 0 Å². The molecule has 2 heteroatoms. The van der Waals surface area contributed by atoms with Gasteiger partial charge in [-0.25, -0.2) is 8.78 Å². The van der Waals surface area contributed by atoms with Gasteiger partial charge in [0.15, 0.2) is 0 Å². The molecule has 2 atom stereocenters. The van der Waals surface area contributed by atoms with Gasteiger partial charge in [0.25, 0.3) is 6.43 Å². The van der Waals surface area contributed by atoms with Crippen LogP contribution in [0.15, 0.2) is 30.3 Å². The molecule has 126 valence electrons. The Labute approximate surface area is 135 Å². The van der Waals surface area contributed by atoms with Gasteiger partial charge < -0.3 is 0 Å². The Morgan fingerprint density at radius 2 is 1.45 bits per heavy atom. The average Bonchev–Trinajstić information content (AvgIpc) is 2.93. The van der Waals surface area contributed by atoms with Gasteiger partial charge >= 0.3 is 0 Å². The van der Waals surface area contributed by atoms with Crippen molar-refractivity contribution in [2.24, 2.45) is 17.8 Å². The summed E-state index contributed by atoms with van der Waals surface area (Å²) in [4.78, 5) is 0. The van der Waals surface area contributed by atoms with Crippen LogP contribution in [0.5, 0.6) is 0 Å². The number of hydrogen-bond acceptors (Lipinski definition) is 0. The molecular formula is C20H32F2. The lowest BCUT2D eigenvalue weighted by Crippen LogP contribution is -2.11. The molecule has 2 unspecified atom stereocenters. The minimum atomic E-state index is -2.38. The molecular weight excluding hydrogens is 278 g/mol. The Bertz CT molecular complexity index is 430. The summed E-state index contributed by atoms with van der Waals surface area (Å²) in [5.74, 6) is 1.92. The van der Waals surface area contributed by atoms with Gasteiger partial charge in [-0.2, -0.15) is 0 Å². The third kappa shape index (κ3) is 5.55. The van der Waals surface area contributed by atoms with Gasteiger partial charge in [-0.15, -0.1) is 0 Å². The van der Waals surface area contributed by atoms with Crippen LogP contribution in [0.3, 0.4) is 0 Å². The molecule has 22 heavy (non-hydrogen) atoms. The number of allylic oxidation sites excluding steroid dienone is 2. The van der Waals surface area contributed by atoms with Crippen LogP contribution in [-0.2, 0) is 0 Å². The van der Waals surface area contributed by atoms with Crippen molar-refractivity contribution in [2.45, 2.75) is 61.3 Å². The maximum atomic E-state index is 12.5. The Morgan fingerprint density at radius 1 is 0.955 bits per heavy atom. The summed E-state index contributed by atoms with van der Waals surface area (Å²) < 4.78 is 25.0. The summed E-state index contributed by atoms with van der Waals surface area (Å²) in [6.45, 7) is 14.7. The number of rotatable bonds is 3. The van der Waals surface area contributed by atoms with E-state index in [-0.39, 0.29) is 5.56 Å². The zero-order valence-electron chi connectivity index (χ0n) is 15.2. The maximum Gasteiger partial charge on any atom is 0.263 e. The van der Waals surface area contributed by atoms with Crippen LogP contribution in [0.1, 0.15) is 72.4 Å². The number of alkyl halides is 2. The fourth-order valence-electron chi connectivity index (χ4n) is 2.85. The molecule has 0 amide bonds. The van der Waals surface area contributed by atoms with E-state index in [4.69, 9.17) is 0 Å². The number of benzene rings is 1. The Balaban J connectivity index is 0.00000102. The standard InChI is InChI=1S/C16H20F2.2C2H6/c1-10(2)15-9-14(8-11(15)3)12-4-6-13(7-5-12)16(17)18;2*1-2/h4-8,10-11,15-16H,9H2,1-3H3;2*1-2H3. The molecule has 0 saturated carbocycles. The maximum absolute atomic E-state index is 12.5. The first-order valence-corrected chi connectivity index (χ1v) is 8.58. The molecule has 0 heterocycles. The summed E-state index contributed by atoms with van der Waals surface area (Å²) >= 11 is 0. The minimum Gasteiger partial charge on any atom is -0.205 e. The number of halogens is 2. The van der Waals surface area contributed by atoms with Crippen molar-refractivity contribution in [1.82, 2.24) is 0 Å². The first-order chi connectivity index (χ1) is 10.5. The minimum absolute atomic E-state index is 0.103. The van der Waals surface area contributed by atoms with Gasteiger partial charge in [0.2, 0.25) is 0 Å². The Hall–Kier alpha value is -1.18. The molecule has 1 aromatic carbocycles. The van der Waals surface area contributed by atoms with Gasteiger partial charge in [-0.3, -0.25) is 0 Å². The van der Waals surface area contributed by atoms with Gasteiger partial charge in [-0.05, 0) is 35.3 Å². The zero-order valence-corrected chi connectivity index (χ0v) is 15.2. The zero-order chi connectivity index (χ0) is 17.3. The van der Waals surface area contributed by atoms with Crippen molar-refractivity contribution in [1.29, 1.82) is 0 Å². The van der Waals surface area contributed by atoms with Crippen LogP contribution in [0.2, 0.25) is 0 Å². The van der Waals surface area contributed by atoms with Crippen LogP contribution in [-0.4, -0.2) is 0 Å². The van der Waals surface area contributed by atoms with Crippen LogP contribution in [0.4, 0.5) is 8.78 Å². The highest BCUT2D eigenvalue weighted by molar-refractivity contribution is 5.68. The summed E-state index contributed by atoms with van der Waals surface area (Å²) in [6.07, 6.45) is 0.980. The second kappa shape index (κ2) is 10.5. The summed E-state index contributed by atoms with van der Waals surface area (Å²) in [7, 11) is 0. The SMILES string of the molecule is CC.CC.CC(C)C1CC(c2ccc(C(F)F)cc2)=CC1C. The molecule has 0 aromatic heterocycles. The lowest BCUT2D eigenvalue weighted by molar-refractivity contribution is 0.151. The van der Waals surface area contributed by atoms with Gasteiger partial charge in [0.05, 0.1) is 0 Å². The summed E-state index contributed by atoms with van der Waals surface area (Å²) in [6, 6.07) is 6.72. The van der Waals surface area contributed by atoms with Gasteiger partial charge in [0, 0.05) is 5.56 Å². The lowest BCUT2D eigenvalue weighted by Gasteiger charge is -2.19. The molecule has 1 aromatic rings. The molecule has 0 aliphatic heterocycles. The van der Waals surface area contributed by atoms with E-state index in [9.17, 15) is 8.78 Å². The highest BCUT2D eigenvalue weighted by atomic mass is 19.3. The number of hydrogen-bond donors (Lipinski definition) is 0. The van der Waals surface area contributed by atoms with Crippen LogP contribution in [0, 0.1) is 17.8 Å². The van der Waals surface area contributed by atoms with E-state index in [0.29, 0.717) is 17.8 Å². The second-order valence-electron chi connectivity index (χ2n) is 5.59. The van der Waals surface area contributed by atoms with Crippen LogP contribution < -0.4 is 0 Å². The molecule has 1 aliphatic rings. The lowest BCUT2D eigenvalue weighted by atomic mass is 9.86.